The Morgan fingerprint density at radius 2 is 1.86 bits per heavy atom. The van der Waals surface area contributed by atoms with Crippen LogP contribution in [-0.2, 0) is 0 Å². The van der Waals surface area contributed by atoms with E-state index in [0.717, 1.165) is 23.7 Å². The van der Waals surface area contributed by atoms with Crippen LogP contribution in [0, 0.1) is 0 Å². The highest BCUT2D eigenvalue weighted by molar-refractivity contribution is 7.99. The second-order valence-electron chi connectivity index (χ2n) is 5.06. The zero-order valence-corrected chi connectivity index (χ0v) is 14.2. The van der Waals surface area contributed by atoms with Gasteiger partial charge >= 0.3 is 6.03 Å². The molecule has 2 amide bonds. The van der Waals surface area contributed by atoms with Gasteiger partial charge in [0, 0.05) is 23.5 Å². The Labute approximate surface area is 132 Å². The van der Waals surface area contributed by atoms with Gasteiger partial charge in [-0.3, -0.25) is 0 Å². The van der Waals surface area contributed by atoms with Gasteiger partial charge in [0.15, 0.2) is 0 Å². The van der Waals surface area contributed by atoms with Crippen LogP contribution in [0.25, 0.3) is 0 Å². The number of urea groups is 1. The molecule has 118 valence electrons. The van der Waals surface area contributed by atoms with Gasteiger partial charge in [-0.1, -0.05) is 26.0 Å². The first-order valence-electron chi connectivity index (χ1n) is 7.55. The maximum absolute atomic E-state index is 11.9. The van der Waals surface area contributed by atoms with Crippen molar-refractivity contribution in [2.75, 3.05) is 23.4 Å². The Morgan fingerprint density at radius 3 is 2.43 bits per heavy atom. The predicted molar refractivity (Wildman–Crippen MR) is 93.1 cm³/mol. The zero-order chi connectivity index (χ0) is 15.7. The van der Waals surface area contributed by atoms with Crippen molar-refractivity contribution in [2.45, 2.75) is 39.8 Å². The fourth-order valence-corrected chi connectivity index (χ4v) is 2.68. The number of thioether (sulfide) groups is 1. The summed E-state index contributed by atoms with van der Waals surface area (Å²) in [4.78, 5) is 11.9. The molecule has 0 aromatic heterocycles. The lowest BCUT2D eigenvalue weighted by atomic mass is 10.1. The molecule has 2 unspecified atom stereocenters. The summed E-state index contributed by atoms with van der Waals surface area (Å²) in [7, 11) is 0. The topological polar surface area (TPSA) is 53.2 Å². The number of hydrogen-bond acceptors (Lipinski definition) is 3. The van der Waals surface area contributed by atoms with Gasteiger partial charge in [-0.25, -0.2) is 4.79 Å². The minimum atomic E-state index is -0.147. The Kier molecular flexibility index (Phi) is 8.23. The Bertz CT molecular complexity index is 422. The van der Waals surface area contributed by atoms with E-state index in [0.29, 0.717) is 6.04 Å². The van der Waals surface area contributed by atoms with Gasteiger partial charge in [0.05, 0.1) is 0 Å². The average Bonchev–Trinajstić information content (AvgIpc) is 2.46. The molecule has 1 aromatic carbocycles. The van der Waals surface area contributed by atoms with Crippen molar-refractivity contribution in [3.05, 3.63) is 29.8 Å². The van der Waals surface area contributed by atoms with Crippen molar-refractivity contribution < 1.29 is 4.79 Å². The molecule has 4 nitrogen and oxygen atoms in total. The van der Waals surface area contributed by atoms with E-state index in [1.807, 2.05) is 43.0 Å². The molecular formula is C16H27N3OS. The lowest BCUT2D eigenvalue weighted by molar-refractivity contribution is 0.250. The van der Waals surface area contributed by atoms with Crippen LogP contribution in [0.3, 0.4) is 0 Å². The molecular weight excluding hydrogens is 282 g/mol. The van der Waals surface area contributed by atoms with Crippen LogP contribution in [-0.4, -0.2) is 30.1 Å². The fourth-order valence-electron chi connectivity index (χ4n) is 2.01. The molecule has 3 N–H and O–H groups in total. The average molecular weight is 309 g/mol. The van der Waals surface area contributed by atoms with Crippen LogP contribution in [0.2, 0.25) is 0 Å². The van der Waals surface area contributed by atoms with E-state index in [1.165, 1.54) is 5.56 Å². The van der Waals surface area contributed by atoms with E-state index in [4.69, 9.17) is 0 Å². The summed E-state index contributed by atoms with van der Waals surface area (Å²) in [6.45, 7) is 9.30. The minimum absolute atomic E-state index is 0.147. The Balaban J connectivity index is 2.46. The summed E-state index contributed by atoms with van der Waals surface area (Å²) in [5.74, 6) is 2.00. The predicted octanol–water partition coefficient (Wildman–Crippen LogP) is 3.62. The molecule has 0 spiro atoms. The number of benzene rings is 1. The summed E-state index contributed by atoms with van der Waals surface area (Å²) in [5, 5.41) is 9.17. The quantitative estimate of drug-likeness (QED) is 0.687. The summed E-state index contributed by atoms with van der Waals surface area (Å²) in [6.07, 6.45) is 0. The third-order valence-corrected chi connectivity index (χ3v) is 4.27. The third kappa shape index (κ3) is 6.87. The summed E-state index contributed by atoms with van der Waals surface area (Å²) in [5.41, 5.74) is 2.03. The number of amides is 2. The van der Waals surface area contributed by atoms with Crippen molar-refractivity contribution in [1.82, 2.24) is 10.6 Å². The van der Waals surface area contributed by atoms with Crippen molar-refractivity contribution in [3.8, 4) is 0 Å². The molecule has 0 aliphatic rings. The SMILES string of the molecule is CCNC(C)c1ccc(NC(=O)NC(C)CSCC)cc1. The minimum Gasteiger partial charge on any atom is -0.335 e. The molecule has 0 heterocycles. The number of hydrogen-bond donors (Lipinski definition) is 3. The molecule has 1 rings (SSSR count). The second-order valence-corrected chi connectivity index (χ2v) is 6.38. The molecule has 0 fully saturated rings. The van der Waals surface area contributed by atoms with Crippen molar-refractivity contribution in [2.24, 2.45) is 0 Å². The molecule has 21 heavy (non-hydrogen) atoms. The second kappa shape index (κ2) is 9.68. The fraction of sp³-hybridized carbons (Fsp3) is 0.562. The maximum Gasteiger partial charge on any atom is 0.319 e. The van der Waals surface area contributed by atoms with Crippen LogP contribution >= 0.6 is 11.8 Å². The molecule has 5 heteroatoms. The van der Waals surface area contributed by atoms with Crippen molar-refractivity contribution >= 4 is 23.5 Å². The lowest BCUT2D eigenvalue weighted by Crippen LogP contribution is -2.37. The standard InChI is InChI=1S/C16H27N3OS/c1-5-17-13(4)14-7-9-15(10-8-14)19-16(20)18-12(3)11-21-6-2/h7-10,12-13,17H,5-6,11H2,1-4H3,(H2,18,19,20). The molecule has 0 bridgehead atoms. The smallest absolute Gasteiger partial charge is 0.319 e. The number of nitrogens with one attached hydrogen (secondary N) is 3. The van der Waals surface area contributed by atoms with E-state index in [9.17, 15) is 4.79 Å². The van der Waals surface area contributed by atoms with Crippen molar-refractivity contribution in [3.63, 3.8) is 0 Å². The molecule has 0 aliphatic heterocycles. The van der Waals surface area contributed by atoms with E-state index >= 15 is 0 Å². The molecule has 1 aromatic rings. The highest BCUT2D eigenvalue weighted by Gasteiger charge is 2.08. The molecule has 2 atom stereocenters. The largest absolute Gasteiger partial charge is 0.335 e. The monoisotopic (exact) mass is 309 g/mol. The van der Waals surface area contributed by atoms with Crippen LogP contribution in [0.5, 0.6) is 0 Å². The first-order valence-corrected chi connectivity index (χ1v) is 8.70. The number of carbonyl (C=O) groups excluding carboxylic acids is 1. The molecule has 0 aliphatic carbocycles. The van der Waals surface area contributed by atoms with Crippen LogP contribution in [0.4, 0.5) is 10.5 Å². The summed E-state index contributed by atoms with van der Waals surface area (Å²) < 4.78 is 0. The highest BCUT2D eigenvalue weighted by Crippen LogP contribution is 2.15. The number of rotatable bonds is 8. The molecule has 0 saturated heterocycles. The van der Waals surface area contributed by atoms with Gasteiger partial charge in [0.2, 0.25) is 0 Å². The van der Waals surface area contributed by atoms with Gasteiger partial charge < -0.3 is 16.0 Å². The van der Waals surface area contributed by atoms with E-state index in [2.05, 4.69) is 36.7 Å². The van der Waals surface area contributed by atoms with Gasteiger partial charge in [-0.15, -0.1) is 0 Å². The van der Waals surface area contributed by atoms with Gasteiger partial charge in [-0.05, 0) is 43.8 Å². The van der Waals surface area contributed by atoms with E-state index < -0.39 is 0 Å². The van der Waals surface area contributed by atoms with E-state index in [-0.39, 0.29) is 12.1 Å². The third-order valence-electron chi connectivity index (χ3n) is 3.13. The van der Waals surface area contributed by atoms with Crippen LogP contribution in [0.15, 0.2) is 24.3 Å². The highest BCUT2D eigenvalue weighted by atomic mass is 32.2. The van der Waals surface area contributed by atoms with E-state index in [1.54, 1.807) is 0 Å². The molecule has 0 saturated carbocycles. The Hall–Kier alpha value is -1.20. The summed E-state index contributed by atoms with van der Waals surface area (Å²) >= 11 is 1.82. The maximum atomic E-state index is 11.9. The van der Waals surface area contributed by atoms with Gasteiger partial charge in [0.1, 0.15) is 0 Å². The normalized spacial score (nSPS) is 13.5. The molecule has 0 radical (unpaired) electrons. The van der Waals surface area contributed by atoms with Crippen LogP contribution < -0.4 is 16.0 Å². The van der Waals surface area contributed by atoms with Crippen molar-refractivity contribution in [1.29, 1.82) is 0 Å². The number of anilines is 1. The first-order chi connectivity index (χ1) is 10.1. The summed E-state index contributed by atoms with van der Waals surface area (Å²) in [6, 6.07) is 8.31. The van der Waals surface area contributed by atoms with Crippen LogP contribution in [0.1, 0.15) is 39.3 Å². The Morgan fingerprint density at radius 1 is 1.19 bits per heavy atom. The zero-order valence-electron chi connectivity index (χ0n) is 13.4. The lowest BCUT2D eigenvalue weighted by Gasteiger charge is -2.15. The number of carbonyl (C=O) groups is 1. The first kappa shape index (κ1) is 17.9. The van der Waals surface area contributed by atoms with Gasteiger partial charge in [-0.2, -0.15) is 11.8 Å². The van der Waals surface area contributed by atoms with Gasteiger partial charge in [0.25, 0.3) is 0 Å².